The highest BCUT2D eigenvalue weighted by Gasteiger charge is 2.18. The van der Waals surface area contributed by atoms with Crippen LogP contribution in [-0.4, -0.2) is 22.4 Å². The monoisotopic (exact) mass is 216 g/mol. The third-order valence-corrected chi connectivity index (χ3v) is 2.93. The second-order valence-electron chi connectivity index (χ2n) is 4.86. The average Bonchev–Trinajstić information content (AvgIpc) is 2.21. The zero-order valence-electron chi connectivity index (χ0n) is 10.6. The van der Waals surface area contributed by atoms with Crippen molar-refractivity contribution in [2.24, 2.45) is 5.92 Å². The van der Waals surface area contributed by atoms with E-state index >= 15 is 0 Å². The molecule has 2 nitrogen and oxygen atoms in total. The van der Waals surface area contributed by atoms with E-state index in [9.17, 15) is 10.2 Å². The Labute approximate surface area is 94.7 Å². The van der Waals surface area contributed by atoms with Crippen molar-refractivity contribution in [3.05, 3.63) is 0 Å². The molecular weight excluding hydrogens is 188 g/mol. The second-order valence-corrected chi connectivity index (χ2v) is 4.86. The van der Waals surface area contributed by atoms with Gasteiger partial charge in [-0.1, -0.05) is 59.3 Å². The Morgan fingerprint density at radius 2 is 1.40 bits per heavy atom. The second kappa shape index (κ2) is 9.17. The van der Waals surface area contributed by atoms with Crippen molar-refractivity contribution in [1.29, 1.82) is 0 Å². The maximum Gasteiger partial charge on any atom is 0.0821 e. The first kappa shape index (κ1) is 14.9. The summed E-state index contributed by atoms with van der Waals surface area (Å²) in [6, 6.07) is 0. The number of rotatable bonds is 9. The van der Waals surface area contributed by atoms with Crippen LogP contribution in [0.1, 0.15) is 65.7 Å². The lowest BCUT2D eigenvalue weighted by Gasteiger charge is -2.20. The summed E-state index contributed by atoms with van der Waals surface area (Å²) in [7, 11) is 0. The molecule has 0 aliphatic rings. The number of aliphatic hydroxyl groups is 2. The van der Waals surface area contributed by atoms with Crippen LogP contribution >= 0.6 is 0 Å². The summed E-state index contributed by atoms with van der Waals surface area (Å²) in [6.45, 7) is 6.09. The van der Waals surface area contributed by atoms with E-state index in [1.54, 1.807) is 0 Å². The van der Waals surface area contributed by atoms with Crippen molar-refractivity contribution in [2.75, 3.05) is 0 Å². The van der Waals surface area contributed by atoms with Gasteiger partial charge in [-0.3, -0.25) is 0 Å². The van der Waals surface area contributed by atoms with E-state index in [0.717, 1.165) is 12.8 Å². The summed E-state index contributed by atoms with van der Waals surface area (Å²) in [5, 5.41) is 19.2. The van der Waals surface area contributed by atoms with Gasteiger partial charge >= 0.3 is 0 Å². The lowest BCUT2D eigenvalue weighted by Crippen LogP contribution is -2.30. The molecule has 0 heterocycles. The fraction of sp³-hybridized carbons (Fsp3) is 1.00. The van der Waals surface area contributed by atoms with Gasteiger partial charge in [-0.15, -0.1) is 0 Å². The third kappa shape index (κ3) is 7.80. The van der Waals surface area contributed by atoms with Gasteiger partial charge in [0.15, 0.2) is 0 Å². The van der Waals surface area contributed by atoms with Crippen molar-refractivity contribution in [1.82, 2.24) is 0 Å². The highest BCUT2D eigenvalue weighted by atomic mass is 16.3. The van der Waals surface area contributed by atoms with Crippen LogP contribution in [0.4, 0.5) is 0 Å². The normalized spacial score (nSPS) is 15.6. The number of unbranched alkanes of at least 4 members (excludes halogenated alkanes) is 5. The van der Waals surface area contributed by atoms with Crippen LogP contribution in [0.3, 0.4) is 0 Å². The smallest absolute Gasteiger partial charge is 0.0821 e. The molecule has 0 radical (unpaired) electrons. The van der Waals surface area contributed by atoms with Gasteiger partial charge in [-0.2, -0.15) is 0 Å². The van der Waals surface area contributed by atoms with Gasteiger partial charge in [0.1, 0.15) is 0 Å². The number of hydrogen-bond donors (Lipinski definition) is 2. The Kier molecular flexibility index (Phi) is 9.12. The largest absolute Gasteiger partial charge is 0.390 e. The van der Waals surface area contributed by atoms with Crippen LogP contribution in [-0.2, 0) is 0 Å². The molecule has 0 aromatic carbocycles. The molecule has 0 aliphatic carbocycles. The first-order chi connectivity index (χ1) is 7.09. The lowest BCUT2D eigenvalue weighted by molar-refractivity contribution is -0.0132. The van der Waals surface area contributed by atoms with E-state index in [-0.39, 0.29) is 5.92 Å². The van der Waals surface area contributed by atoms with Crippen molar-refractivity contribution in [3.63, 3.8) is 0 Å². The predicted octanol–water partition coefficient (Wildman–Crippen LogP) is 3.11. The third-order valence-electron chi connectivity index (χ3n) is 2.93. The van der Waals surface area contributed by atoms with Crippen LogP contribution < -0.4 is 0 Å². The number of hydrogen-bond acceptors (Lipinski definition) is 2. The number of aliphatic hydroxyl groups excluding tert-OH is 2. The zero-order chi connectivity index (χ0) is 11.7. The van der Waals surface area contributed by atoms with Gasteiger partial charge in [0.25, 0.3) is 0 Å². The van der Waals surface area contributed by atoms with E-state index < -0.39 is 12.2 Å². The molecule has 0 aromatic rings. The van der Waals surface area contributed by atoms with Crippen molar-refractivity contribution >= 4 is 0 Å². The van der Waals surface area contributed by atoms with E-state index in [1.807, 2.05) is 13.8 Å². The van der Waals surface area contributed by atoms with E-state index in [2.05, 4.69) is 6.92 Å². The van der Waals surface area contributed by atoms with E-state index in [1.165, 1.54) is 32.1 Å². The van der Waals surface area contributed by atoms with Crippen LogP contribution in [0, 0.1) is 5.92 Å². The molecule has 0 aromatic heterocycles. The zero-order valence-corrected chi connectivity index (χ0v) is 10.6. The topological polar surface area (TPSA) is 40.5 Å². The fourth-order valence-corrected chi connectivity index (χ4v) is 1.75. The van der Waals surface area contributed by atoms with Gasteiger partial charge in [0.2, 0.25) is 0 Å². The van der Waals surface area contributed by atoms with Gasteiger partial charge in [0.05, 0.1) is 12.2 Å². The highest BCUT2D eigenvalue weighted by Crippen LogP contribution is 2.14. The summed E-state index contributed by atoms with van der Waals surface area (Å²) in [5.74, 6) is 0.153. The van der Waals surface area contributed by atoms with E-state index in [0.29, 0.717) is 0 Å². The Hall–Kier alpha value is -0.0800. The average molecular weight is 216 g/mol. The van der Waals surface area contributed by atoms with Gasteiger partial charge in [0, 0.05) is 0 Å². The van der Waals surface area contributed by atoms with Crippen LogP contribution in [0.15, 0.2) is 0 Å². The molecule has 15 heavy (non-hydrogen) atoms. The Morgan fingerprint density at radius 1 is 0.867 bits per heavy atom. The summed E-state index contributed by atoms with van der Waals surface area (Å²) < 4.78 is 0. The summed E-state index contributed by atoms with van der Waals surface area (Å²) in [4.78, 5) is 0. The Balaban J connectivity index is 3.34. The highest BCUT2D eigenvalue weighted by molar-refractivity contribution is 4.70. The van der Waals surface area contributed by atoms with Gasteiger partial charge < -0.3 is 10.2 Å². The molecule has 0 saturated carbocycles. The van der Waals surface area contributed by atoms with Crippen LogP contribution in [0.25, 0.3) is 0 Å². The Morgan fingerprint density at radius 3 is 1.93 bits per heavy atom. The summed E-state index contributed by atoms with van der Waals surface area (Å²) in [6.07, 6.45) is 7.03. The minimum absolute atomic E-state index is 0.153. The summed E-state index contributed by atoms with van der Waals surface area (Å²) >= 11 is 0. The van der Waals surface area contributed by atoms with Crippen molar-refractivity contribution in [2.45, 2.75) is 77.9 Å². The maximum atomic E-state index is 9.64. The molecule has 2 atom stereocenters. The molecule has 0 aliphatic heterocycles. The molecule has 0 rings (SSSR count). The standard InChI is InChI=1S/C13H28O2/c1-4-5-6-7-8-9-10-12(14)13(15)11(2)3/h11-15H,4-10H2,1-3H3. The molecular formula is C13H28O2. The molecule has 2 N–H and O–H groups in total. The minimum atomic E-state index is -0.555. The summed E-state index contributed by atoms with van der Waals surface area (Å²) in [5.41, 5.74) is 0. The van der Waals surface area contributed by atoms with Crippen LogP contribution in [0.2, 0.25) is 0 Å². The maximum absolute atomic E-state index is 9.64. The minimum Gasteiger partial charge on any atom is -0.390 e. The molecule has 0 saturated heterocycles. The van der Waals surface area contributed by atoms with Gasteiger partial charge in [-0.25, -0.2) is 0 Å². The molecule has 0 fully saturated rings. The molecule has 0 amide bonds. The molecule has 0 bridgehead atoms. The first-order valence-corrected chi connectivity index (χ1v) is 6.45. The predicted molar refractivity (Wildman–Crippen MR) is 64.8 cm³/mol. The fourth-order valence-electron chi connectivity index (χ4n) is 1.75. The van der Waals surface area contributed by atoms with Crippen LogP contribution in [0.5, 0.6) is 0 Å². The lowest BCUT2D eigenvalue weighted by atomic mass is 9.97. The van der Waals surface area contributed by atoms with Gasteiger partial charge in [-0.05, 0) is 12.3 Å². The SMILES string of the molecule is CCCCCCCCC(O)C(O)C(C)C. The molecule has 0 spiro atoms. The van der Waals surface area contributed by atoms with E-state index in [4.69, 9.17) is 0 Å². The first-order valence-electron chi connectivity index (χ1n) is 6.45. The van der Waals surface area contributed by atoms with Crippen molar-refractivity contribution < 1.29 is 10.2 Å². The Bertz CT molecular complexity index is 134. The quantitative estimate of drug-likeness (QED) is 0.581. The molecule has 92 valence electrons. The molecule has 2 unspecified atom stereocenters. The molecule has 2 heteroatoms. The van der Waals surface area contributed by atoms with Crippen molar-refractivity contribution in [3.8, 4) is 0 Å².